The molecule has 0 aliphatic heterocycles. The Kier molecular flexibility index (Phi) is 5.50. The van der Waals surface area contributed by atoms with E-state index < -0.39 is 0 Å². The molecule has 2 aromatic rings. The molecule has 0 saturated heterocycles. The third-order valence-electron chi connectivity index (χ3n) is 2.77. The highest BCUT2D eigenvalue weighted by Gasteiger charge is 2.04. The van der Waals surface area contributed by atoms with Crippen LogP contribution in [-0.4, -0.2) is 22.6 Å². The topological polar surface area (TPSA) is 62.2 Å². The number of aromatic nitrogens is 1. The second-order valence-electron chi connectivity index (χ2n) is 4.40. The first-order valence-corrected chi connectivity index (χ1v) is 6.66. The van der Waals surface area contributed by atoms with Gasteiger partial charge in [-0.3, -0.25) is 9.78 Å². The minimum atomic E-state index is -0.153. The summed E-state index contributed by atoms with van der Waals surface area (Å²) in [5.41, 5.74) is 2.39. The van der Waals surface area contributed by atoms with E-state index in [0.717, 1.165) is 11.1 Å². The molecular formula is C17H16N2O2. The molecule has 1 amide bonds. The SMILES string of the molecule is O=C(NCc1cccc(C#CCCO)c1)c1cccnc1. The Morgan fingerprint density at radius 1 is 1.29 bits per heavy atom. The van der Waals surface area contributed by atoms with Gasteiger partial charge in [-0.05, 0) is 29.8 Å². The lowest BCUT2D eigenvalue weighted by Crippen LogP contribution is -2.22. The van der Waals surface area contributed by atoms with Crippen molar-refractivity contribution in [2.24, 2.45) is 0 Å². The molecule has 0 aliphatic carbocycles. The van der Waals surface area contributed by atoms with Gasteiger partial charge in [0, 0.05) is 30.9 Å². The molecule has 0 fully saturated rings. The van der Waals surface area contributed by atoms with Gasteiger partial charge in [-0.15, -0.1) is 0 Å². The second-order valence-corrected chi connectivity index (χ2v) is 4.40. The summed E-state index contributed by atoms with van der Waals surface area (Å²) in [5, 5.41) is 11.5. The lowest BCUT2D eigenvalue weighted by molar-refractivity contribution is 0.0950. The minimum absolute atomic E-state index is 0.0634. The summed E-state index contributed by atoms with van der Waals surface area (Å²) in [6.45, 7) is 0.497. The van der Waals surface area contributed by atoms with E-state index in [0.29, 0.717) is 18.5 Å². The highest BCUT2D eigenvalue weighted by Crippen LogP contribution is 2.05. The average molecular weight is 280 g/mol. The zero-order valence-corrected chi connectivity index (χ0v) is 11.5. The van der Waals surface area contributed by atoms with E-state index >= 15 is 0 Å². The van der Waals surface area contributed by atoms with Crippen LogP contribution in [0.2, 0.25) is 0 Å². The predicted molar refractivity (Wildman–Crippen MR) is 80.4 cm³/mol. The number of rotatable bonds is 4. The normalized spacial score (nSPS) is 9.57. The van der Waals surface area contributed by atoms with Crippen LogP contribution in [0.4, 0.5) is 0 Å². The third-order valence-corrected chi connectivity index (χ3v) is 2.77. The van der Waals surface area contributed by atoms with Crippen molar-refractivity contribution in [3.05, 3.63) is 65.5 Å². The maximum atomic E-state index is 11.9. The monoisotopic (exact) mass is 280 g/mol. The molecular weight excluding hydrogens is 264 g/mol. The summed E-state index contributed by atoms with van der Waals surface area (Å²) in [6.07, 6.45) is 3.62. The van der Waals surface area contributed by atoms with Gasteiger partial charge >= 0.3 is 0 Å². The van der Waals surface area contributed by atoms with Crippen LogP contribution in [0.1, 0.15) is 27.9 Å². The van der Waals surface area contributed by atoms with E-state index in [1.54, 1.807) is 18.3 Å². The van der Waals surface area contributed by atoms with Gasteiger partial charge in [0.2, 0.25) is 0 Å². The number of aliphatic hydroxyl groups is 1. The zero-order chi connectivity index (χ0) is 14.9. The zero-order valence-electron chi connectivity index (χ0n) is 11.5. The van der Waals surface area contributed by atoms with Crippen molar-refractivity contribution < 1.29 is 9.90 Å². The average Bonchev–Trinajstić information content (AvgIpc) is 2.54. The Morgan fingerprint density at radius 3 is 2.95 bits per heavy atom. The number of aliphatic hydroxyl groups excluding tert-OH is 1. The fourth-order valence-corrected chi connectivity index (χ4v) is 1.76. The molecule has 0 spiro atoms. The van der Waals surface area contributed by atoms with Crippen molar-refractivity contribution in [3.63, 3.8) is 0 Å². The molecule has 2 N–H and O–H groups in total. The molecule has 0 saturated carbocycles. The van der Waals surface area contributed by atoms with E-state index in [1.807, 2.05) is 24.3 Å². The van der Waals surface area contributed by atoms with Gasteiger partial charge in [-0.2, -0.15) is 0 Å². The van der Waals surface area contributed by atoms with Crippen LogP contribution in [0.3, 0.4) is 0 Å². The summed E-state index contributed by atoms with van der Waals surface area (Å²) < 4.78 is 0. The second kappa shape index (κ2) is 7.83. The molecule has 0 aliphatic rings. The van der Waals surface area contributed by atoms with Crippen LogP contribution in [0.25, 0.3) is 0 Å². The maximum absolute atomic E-state index is 11.9. The minimum Gasteiger partial charge on any atom is -0.395 e. The first kappa shape index (κ1) is 14.8. The maximum Gasteiger partial charge on any atom is 0.253 e. The van der Waals surface area contributed by atoms with Gasteiger partial charge < -0.3 is 10.4 Å². The molecule has 106 valence electrons. The van der Waals surface area contributed by atoms with E-state index in [4.69, 9.17) is 5.11 Å². The van der Waals surface area contributed by atoms with E-state index in [9.17, 15) is 4.79 Å². The van der Waals surface area contributed by atoms with Gasteiger partial charge in [0.05, 0.1) is 12.2 Å². The Hall–Kier alpha value is -2.64. The number of nitrogens with one attached hydrogen (secondary N) is 1. The number of pyridine rings is 1. The molecule has 21 heavy (non-hydrogen) atoms. The highest BCUT2D eigenvalue weighted by molar-refractivity contribution is 5.93. The molecule has 1 aromatic heterocycles. The molecule has 0 radical (unpaired) electrons. The number of nitrogens with zero attached hydrogens (tertiary/aromatic N) is 1. The van der Waals surface area contributed by atoms with Crippen LogP contribution in [0, 0.1) is 11.8 Å². The summed E-state index contributed by atoms with van der Waals surface area (Å²) in [4.78, 5) is 15.8. The quantitative estimate of drug-likeness (QED) is 0.839. The fraction of sp³-hybridized carbons (Fsp3) is 0.176. The van der Waals surface area contributed by atoms with E-state index in [2.05, 4.69) is 22.1 Å². The molecule has 1 aromatic carbocycles. The molecule has 4 nitrogen and oxygen atoms in total. The van der Waals surface area contributed by atoms with Gasteiger partial charge in [-0.25, -0.2) is 0 Å². The smallest absolute Gasteiger partial charge is 0.253 e. The molecule has 1 heterocycles. The summed E-state index contributed by atoms with van der Waals surface area (Å²) in [7, 11) is 0. The summed E-state index contributed by atoms with van der Waals surface area (Å²) >= 11 is 0. The van der Waals surface area contributed by atoms with Gasteiger partial charge in [0.15, 0.2) is 0 Å². The number of benzene rings is 1. The van der Waals surface area contributed by atoms with Crippen LogP contribution in [0.15, 0.2) is 48.8 Å². The number of hydrogen-bond donors (Lipinski definition) is 2. The Labute approximate surface area is 123 Å². The van der Waals surface area contributed by atoms with Crippen LogP contribution in [-0.2, 0) is 6.54 Å². The Morgan fingerprint density at radius 2 is 2.19 bits per heavy atom. The van der Waals surface area contributed by atoms with Crippen molar-refractivity contribution >= 4 is 5.91 Å². The predicted octanol–water partition coefficient (Wildman–Crippen LogP) is 1.75. The fourth-order valence-electron chi connectivity index (χ4n) is 1.76. The van der Waals surface area contributed by atoms with Gasteiger partial charge in [0.1, 0.15) is 0 Å². The molecule has 4 heteroatoms. The first-order valence-electron chi connectivity index (χ1n) is 6.66. The van der Waals surface area contributed by atoms with Crippen LogP contribution in [0.5, 0.6) is 0 Å². The Bertz CT molecular complexity index is 657. The van der Waals surface area contributed by atoms with Crippen molar-refractivity contribution in [1.29, 1.82) is 0 Å². The van der Waals surface area contributed by atoms with Crippen molar-refractivity contribution in [3.8, 4) is 11.8 Å². The molecule has 0 unspecified atom stereocenters. The Balaban J connectivity index is 1.96. The highest BCUT2D eigenvalue weighted by atomic mass is 16.2. The number of amides is 1. The lowest BCUT2D eigenvalue weighted by Gasteiger charge is -2.05. The molecule has 2 rings (SSSR count). The summed E-state index contributed by atoms with van der Waals surface area (Å²) in [6, 6.07) is 11.1. The summed E-state index contributed by atoms with van der Waals surface area (Å²) in [5.74, 6) is 5.69. The van der Waals surface area contributed by atoms with E-state index in [-0.39, 0.29) is 12.5 Å². The largest absolute Gasteiger partial charge is 0.395 e. The van der Waals surface area contributed by atoms with Crippen molar-refractivity contribution in [2.45, 2.75) is 13.0 Å². The van der Waals surface area contributed by atoms with Crippen molar-refractivity contribution in [2.75, 3.05) is 6.61 Å². The third kappa shape index (κ3) is 4.75. The van der Waals surface area contributed by atoms with Gasteiger partial charge in [0.25, 0.3) is 5.91 Å². The molecule has 0 atom stereocenters. The van der Waals surface area contributed by atoms with Crippen LogP contribution < -0.4 is 5.32 Å². The number of carbonyl (C=O) groups is 1. The number of hydrogen-bond acceptors (Lipinski definition) is 3. The first-order chi connectivity index (χ1) is 10.3. The van der Waals surface area contributed by atoms with Crippen LogP contribution >= 0.6 is 0 Å². The molecule has 0 bridgehead atoms. The number of carbonyl (C=O) groups excluding carboxylic acids is 1. The van der Waals surface area contributed by atoms with Gasteiger partial charge in [-0.1, -0.05) is 24.0 Å². The van der Waals surface area contributed by atoms with Crippen molar-refractivity contribution in [1.82, 2.24) is 10.3 Å². The van der Waals surface area contributed by atoms with E-state index in [1.165, 1.54) is 6.20 Å². The standard InChI is InChI=1S/C17H16N2O2/c20-10-2-1-5-14-6-3-7-15(11-14)12-19-17(21)16-8-4-9-18-13-16/h3-4,6-9,11,13,20H,2,10,12H2,(H,19,21). The lowest BCUT2D eigenvalue weighted by atomic mass is 10.1.